The highest BCUT2D eigenvalue weighted by molar-refractivity contribution is 5.93. The molecule has 2 aromatic rings. The van der Waals surface area contributed by atoms with Crippen LogP contribution in [0.3, 0.4) is 0 Å². The Morgan fingerprint density at radius 2 is 1.76 bits per heavy atom. The van der Waals surface area contributed by atoms with Crippen LogP contribution in [0, 0.1) is 19.7 Å². The zero-order valence-electron chi connectivity index (χ0n) is 12.7. The number of halogens is 1. The lowest BCUT2D eigenvalue weighted by molar-refractivity contribution is -0.118. The van der Waals surface area contributed by atoms with Gasteiger partial charge in [-0.15, -0.1) is 0 Å². The number of hydrogen-bond acceptors (Lipinski definition) is 1. The third-order valence-corrected chi connectivity index (χ3v) is 3.48. The Hall–Kier alpha value is -2.16. The van der Waals surface area contributed by atoms with Gasteiger partial charge in [-0.25, -0.2) is 4.39 Å². The van der Waals surface area contributed by atoms with E-state index in [2.05, 4.69) is 6.07 Å². The van der Waals surface area contributed by atoms with Crippen LogP contribution < -0.4 is 4.90 Å². The summed E-state index contributed by atoms with van der Waals surface area (Å²) in [7, 11) is 1.78. The smallest absolute Gasteiger partial charge is 0.227 e. The Labute approximate surface area is 125 Å². The van der Waals surface area contributed by atoms with Crippen molar-refractivity contribution in [1.29, 1.82) is 0 Å². The maximum atomic E-state index is 13.1. The van der Waals surface area contributed by atoms with Gasteiger partial charge in [0, 0.05) is 19.2 Å². The maximum Gasteiger partial charge on any atom is 0.227 e. The molecule has 0 saturated carbocycles. The van der Waals surface area contributed by atoms with E-state index in [0.717, 1.165) is 22.4 Å². The predicted octanol–water partition coefficient (Wildman–Crippen LogP) is 4.04. The number of carbonyl (C=O) groups is 1. The van der Waals surface area contributed by atoms with Crippen molar-refractivity contribution in [3.8, 4) is 0 Å². The molecule has 0 N–H and O–H groups in total. The number of benzene rings is 2. The molecule has 0 aromatic heterocycles. The number of rotatable bonds is 4. The van der Waals surface area contributed by atoms with Crippen LogP contribution in [-0.2, 0) is 11.2 Å². The standard InChI is InChI=1S/C18H20FNO/c1-13-9-14(2)11-17(10-13)20(3)18(21)8-7-15-5-4-6-16(19)12-15/h4-6,9-12H,7-8H2,1-3H3. The third-order valence-electron chi connectivity index (χ3n) is 3.48. The Morgan fingerprint density at radius 3 is 2.38 bits per heavy atom. The van der Waals surface area contributed by atoms with E-state index in [9.17, 15) is 9.18 Å². The van der Waals surface area contributed by atoms with E-state index in [1.165, 1.54) is 12.1 Å². The molecule has 21 heavy (non-hydrogen) atoms. The second-order valence-corrected chi connectivity index (χ2v) is 5.43. The number of nitrogens with zero attached hydrogens (tertiary/aromatic N) is 1. The van der Waals surface area contributed by atoms with E-state index in [1.807, 2.05) is 32.0 Å². The van der Waals surface area contributed by atoms with Crippen molar-refractivity contribution in [2.45, 2.75) is 26.7 Å². The summed E-state index contributed by atoms with van der Waals surface area (Å²) in [4.78, 5) is 13.9. The van der Waals surface area contributed by atoms with Crippen LogP contribution in [0.1, 0.15) is 23.1 Å². The Bertz CT molecular complexity index is 631. The van der Waals surface area contributed by atoms with E-state index >= 15 is 0 Å². The Morgan fingerprint density at radius 1 is 1.10 bits per heavy atom. The maximum absolute atomic E-state index is 13.1. The monoisotopic (exact) mass is 285 g/mol. The second-order valence-electron chi connectivity index (χ2n) is 5.43. The van der Waals surface area contributed by atoms with Crippen LogP contribution in [-0.4, -0.2) is 13.0 Å². The van der Waals surface area contributed by atoms with Gasteiger partial charge in [0.1, 0.15) is 5.82 Å². The minimum Gasteiger partial charge on any atom is -0.315 e. The molecule has 2 aromatic carbocycles. The first-order valence-corrected chi connectivity index (χ1v) is 7.05. The summed E-state index contributed by atoms with van der Waals surface area (Å²) in [5.74, 6) is -0.230. The Kier molecular flexibility index (Phi) is 4.73. The molecule has 1 amide bonds. The summed E-state index contributed by atoms with van der Waals surface area (Å²) in [6, 6.07) is 12.5. The van der Waals surface area contributed by atoms with Gasteiger partial charge in [-0.2, -0.15) is 0 Å². The molecule has 0 aliphatic carbocycles. The average molecular weight is 285 g/mol. The largest absolute Gasteiger partial charge is 0.315 e. The third kappa shape index (κ3) is 4.15. The van der Waals surface area contributed by atoms with Crippen molar-refractivity contribution in [3.05, 3.63) is 65.0 Å². The van der Waals surface area contributed by atoms with Crippen molar-refractivity contribution in [3.63, 3.8) is 0 Å². The molecule has 0 unspecified atom stereocenters. The van der Waals surface area contributed by atoms with Crippen LogP contribution in [0.5, 0.6) is 0 Å². The topological polar surface area (TPSA) is 20.3 Å². The molecule has 110 valence electrons. The molecule has 0 aliphatic heterocycles. The first-order chi connectivity index (χ1) is 9.95. The summed E-state index contributed by atoms with van der Waals surface area (Å²) >= 11 is 0. The number of amides is 1. The van der Waals surface area contributed by atoms with Gasteiger partial charge in [0.25, 0.3) is 0 Å². The molecule has 0 spiro atoms. The van der Waals surface area contributed by atoms with Gasteiger partial charge in [0.15, 0.2) is 0 Å². The zero-order chi connectivity index (χ0) is 15.4. The van der Waals surface area contributed by atoms with Gasteiger partial charge >= 0.3 is 0 Å². The lowest BCUT2D eigenvalue weighted by Crippen LogP contribution is -2.26. The number of aryl methyl sites for hydroxylation is 3. The fourth-order valence-electron chi connectivity index (χ4n) is 2.40. The predicted molar refractivity (Wildman–Crippen MR) is 84.0 cm³/mol. The molecule has 0 radical (unpaired) electrons. The van der Waals surface area contributed by atoms with Crippen molar-refractivity contribution in [2.24, 2.45) is 0 Å². The van der Waals surface area contributed by atoms with E-state index in [4.69, 9.17) is 0 Å². The van der Waals surface area contributed by atoms with Crippen molar-refractivity contribution >= 4 is 11.6 Å². The van der Waals surface area contributed by atoms with Gasteiger partial charge in [-0.05, 0) is 61.2 Å². The highest BCUT2D eigenvalue weighted by Crippen LogP contribution is 2.18. The second kappa shape index (κ2) is 6.53. The van der Waals surface area contributed by atoms with E-state index in [-0.39, 0.29) is 11.7 Å². The van der Waals surface area contributed by atoms with Crippen molar-refractivity contribution in [2.75, 3.05) is 11.9 Å². The molecule has 0 bridgehead atoms. The lowest BCUT2D eigenvalue weighted by Gasteiger charge is -2.18. The molecular weight excluding hydrogens is 265 g/mol. The van der Waals surface area contributed by atoms with E-state index < -0.39 is 0 Å². The molecular formula is C18H20FNO. The molecule has 0 fully saturated rings. The minimum atomic E-state index is -0.261. The first-order valence-electron chi connectivity index (χ1n) is 7.05. The zero-order valence-corrected chi connectivity index (χ0v) is 12.7. The minimum absolute atomic E-state index is 0.0317. The van der Waals surface area contributed by atoms with Gasteiger partial charge in [0.2, 0.25) is 5.91 Å². The molecule has 2 nitrogen and oxygen atoms in total. The van der Waals surface area contributed by atoms with Crippen LogP contribution in [0.4, 0.5) is 10.1 Å². The summed E-state index contributed by atoms with van der Waals surface area (Å²) in [5.41, 5.74) is 4.01. The number of anilines is 1. The van der Waals surface area contributed by atoms with Crippen LogP contribution >= 0.6 is 0 Å². The van der Waals surface area contributed by atoms with Crippen LogP contribution in [0.15, 0.2) is 42.5 Å². The highest BCUT2D eigenvalue weighted by atomic mass is 19.1. The average Bonchev–Trinajstić information content (AvgIpc) is 2.43. The number of carbonyl (C=O) groups excluding carboxylic acids is 1. The summed E-state index contributed by atoms with van der Waals surface area (Å²) < 4.78 is 13.1. The quantitative estimate of drug-likeness (QED) is 0.830. The fraction of sp³-hybridized carbons (Fsp3) is 0.278. The molecule has 3 heteroatoms. The van der Waals surface area contributed by atoms with Crippen LogP contribution in [0.2, 0.25) is 0 Å². The van der Waals surface area contributed by atoms with Crippen molar-refractivity contribution in [1.82, 2.24) is 0 Å². The van der Waals surface area contributed by atoms with Crippen LogP contribution in [0.25, 0.3) is 0 Å². The molecule has 2 rings (SSSR count). The SMILES string of the molecule is Cc1cc(C)cc(N(C)C(=O)CCc2cccc(F)c2)c1. The van der Waals surface area contributed by atoms with Crippen molar-refractivity contribution < 1.29 is 9.18 Å². The summed E-state index contributed by atoms with van der Waals surface area (Å²) in [5, 5.41) is 0. The van der Waals surface area contributed by atoms with Gasteiger partial charge in [-0.3, -0.25) is 4.79 Å². The highest BCUT2D eigenvalue weighted by Gasteiger charge is 2.11. The van der Waals surface area contributed by atoms with E-state index in [0.29, 0.717) is 12.8 Å². The Balaban J connectivity index is 2.02. The number of hydrogen-bond donors (Lipinski definition) is 0. The summed E-state index contributed by atoms with van der Waals surface area (Å²) in [6.07, 6.45) is 0.915. The first kappa shape index (κ1) is 15.2. The molecule has 0 heterocycles. The summed E-state index contributed by atoms with van der Waals surface area (Å²) in [6.45, 7) is 4.03. The lowest BCUT2D eigenvalue weighted by atomic mass is 10.1. The van der Waals surface area contributed by atoms with Gasteiger partial charge in [-0.1, -0.05) is 18.2 Å². The van der Waals surface area contributed by atoms with Gasteiger partial charge < -0.3 is 4.90 Å². The molecule has 0 aliphatic rings. The van der Waals surface area contributed by atoms with Gasteiger partial charge in [0.05, 0.1) is 0 Å². The normalized spacial score (nSPS) is 10.5. The molecule has 0 saturated heterocycles. The van der Waals surface area contributed by atoms with E-state index in [1.54, 1.807) is 18.0 Å². The molecule has 0 atom stereocenters. The fourth-order valence-corrected chi connectivity index (χ4v) is 2.40.